The summed E-state index contributed by atoms with van der Waals surface area (Å²) in [5.74, 6) is -0.823. The number of benzene rings is 1. The summed E-state index contributed by atoms with van der Waals surface area (Å²) in [7, 11) is -3.08. The lowest BCUT2D eigenvalue weighted by molar-refractivity contribution is -0.143. The van der Waals surface area contributed by atoms with Gasteiger partial charge in [0, 0.05) is 18.8 Å². The van der Waals surface area contributed by atoms with Crippen molar-refractivity contribution in [2.75, 3.05) is 24.6 Å². The summed E-state index contributed by atoms with van der Waals surface area (Å²) in [5, 5.41) is 9.45. The van der Waals surface area contributed by atoms with Crippen LogP contribution in [0.15, 0.2) is 24.3 Å². The van der Waals surface area contributed by atoms with Gasteiger partial charge in [0.2, 0.25) is 0 Å². The average molecular weight is 297 g/mol. The maximum Gasteiger partial charge on any atom is 0.325 e. The molecule has 1 heterocycles. The van der Waals surface area contributed by atoms with Gasteiger partial charge in [-0.1, -0.05) is 31.2 Å². The molecular formula is C14H19NO4S. The zero-order valence-electron chi connectivity index (χ0n) is 11.4. The molecule has 1 N–H and O–H groups in total. The zero-order chi connectivity index (χ0) is 14.8. The van der Waals surface area contributed by atoms with Gasteiger partial charge in [-0.25, -0.2) is 8.42 Å². The van der Waals surface area contributed by atoms with Crippen LogP contribution in [0.4, 0.5) is 0 Å². The quantitative estimate of drug-likeness (QED) is 0.881. The number of carbonyl (C=O) groups is 1. The van der Waals surface area contributed by atoms with Crippen LogP contribution in [0.25, 0.3) is 0 Å². The smallest absolute Gasteiger partial charge is 0.325 e. The Hall–Kier alpha value is -1.40. The van der Waals surface area contributed by atoms with Crippen molar-refractivity contribution < 1.29 is 18.3 Å². The average Bonchev–Trinajstić information content (AvgIpc) is 2.44. The summed E-state index contributed by atoms with van der Waals surface area (Å²) in [4.78, 5) is 13.3. The van der Waals surface area contributed by atoms with Crippen molar-refractivity contribution in [2.24, 2.45) is 0 Å². The van der Waals surface area contributed by atoms with E-state index in [9.17, 15) is 18.3 Å². The van der Waals surface area contributed by atoms with Crippen LogP contribution in [-0.4, -0.2) is 49.0 Å². The second-order valence-corrected chi connectivity index (χ2v) is 7.43. The number of aliphatic carboxylic acids is 1. The first-order valence-electron chi connectivity index (χ1n) is 6.69. The first kappa shape index (κ1) is 15.0. The Kier molecular flexibility index (Phi) is 4.45. The minimum Gasteiger partial charge on any atom is -0.480 e. The highest BCUT2D eigenvalue weighted by atomic mass is 32.2. The third-order valence-electron chi connectivity index (χ3n) is 3.75. The minimum atomic E-state index is -3.08. The molecule has 1 unspecified atom stereocenters. The lowest BCUT2D eigenvalue weighted by Gasteiger charge is -2.34. The number of sulfone groups is 1. The van der Waals surface area contributed by atoms with Crippen molar-refractivity contribution in [3.63, 3.8) is 0 Å². The standard InChI is InChI=1S/C14H19NO4S/c1-2-20(18,19)10-9-15-8-7-11-5-3-4-6-12(11)13(15)14(16)17/h3-6,13H,2,7-10H2,1H3,(H,16,17). The number of fused-ring (bicyclic) bond motifs is 1. The lowest BCUT2D eigenvalue weighted by Crippen LogP contribution is -2.42. The van der Waals surface area contributed by atoms with Crippen molar-refractivity contribution in [2.45, 2.75) is 19.4 Å². The van der Waals surface area contributed by atoms with Crippen LogP contribution in [0.3, 0.4) is 0 Å². The summed E-state index contributed by atoms with van der Waals surface area (Å²) in [6.45, 7) is 2.45. The van der Waals surface area contributed by atoms with Crippen LogP contribution in [0, 0.1) is 0 Å². The molecule has 0 radical (unpaired) electrons. The van der Waals surface area contributed by atoms with Gasteiger partial charge >= 0.3 is 5.97 Å². The van der Waals surface area contributed by atoms with E-state index >= 15 is 0 Å². The molecular weight excluding hydrogens is 278 g/mol. The normalized spacial score (nSPS) is 19.6. The molecule has 20 heavy (non-hydrogen) atoms. The summed E-state index contributed by atoms with van der Waals surface area (Å²) in [6.07, 6.45) is 0.756. The highest BCUT2D eigenvalue weighted by molar-refractivity contribution is 7.91. The minimum absolute atomic E-state index is 0.00937. The van der Waals surface area contributed by atoms with E-state index in [1.54, 1.807) is 11.8 Å². The van der Waals surface area contributed by atoms with Crippen LogP contribution in [0.5, 0.6) is 0 Å². The molecule has 5 nitrogen and oxygen atoms in total. The van der Waals surface area contributed by atoms with Gasteiger partial charge in [-0.15, -0.1) is 0 Å². The Bertz CT molecular complexity index is 597. The molecule has 0 fully saturated rings. The van der Waals surface area contributed by atoms with E-state index < -0.39 is 21.8 Å². The molecule has 110 valence electrons. The van der Waals surface area contributed by atoms with Crippen LogP contribution in [-0.2, 0) is 21.1 Å². The zero-order valence-corrected chi connectivity index (χ0v) is 12.3. The summed E-state index contributed by atoms with van der Waals surface area (Å²) in [6, 6.07) is 6.72. The SMILES string of the molecule is CCS(=O)(=O)CCN1CCc2ccccc2C1C(=O)O. The third kappa shape index (κ3) is 3.19. The monoisotopic (exact) mass is 297 g/mol. The molecule has 1 atom stereocenters. The molecule has 0 saturated carbocycles. The van der Waals surface area contributed by atoms with Gasteiger partial charge in [-0.3, -0.25) is 9.69 Å². The predicted molar refractivity (Wildman–Crippen MR) is 76.4 cm³/mol. The van der Waals surface area contributed by atoms with Crippen molar-refractivity contribution in [3.8, 4) is 0 Å². The number of carboxylic acid groups (broad SMARTS) is 1. The van der Waals surface area contributed by atoms with Crippen LogP contribution in [0.1, 0.15) is 24.1 Å². The lowest BCUT2D eigenvalue weighted by atomic mass is 9.93. The van der Waals surface area contributed by atoms with Crippen LogP contribution >= 0.6 is 0 Å². The summed E-state index contributed by atoms with van der Waals surface area (Å²) < 4.78 is 23.2. The predicted octanol–water partition coefficient (Wildman–Crippen LogP) is 1.11. The van der Waals surface area contributed by atoms with E-state index in [4.69, 9.17) is 0 Å². The fourth-order valence-electron chi connectivity index (χ4n) is 2.55. The third-order valence-corrected chi connectivity index (χ3v) is 5.43. The number of hydrogen-bond donors (Lipinski definition) is 1. The Morgan fingerprint density at radius 3 is 2.75 bits per heavy atom. The molecule has 1 aromatic carbocycles. The van der Waals surface area contributed by atoms with Crippen molar-refractivity contribution >= 4 is 15.8 Å². The number of nitrogens with zero attached hydrogens (tertiary/aromatic N) is 1. The fraction of sp³-hybridized carbons (Fsp3) is 0.500. The molecule has 0 aliphatic carbocycles. The number of hydrogen-bond acceptors (Lipinski definition) is 4. The Labute approximate surface area is 119 Å². The number of carboxylic acids is 1. The second-order valence-electron chi connectivity index (χ2n) is 4.96. The van der Waals surface area contributed by atoms with Gasteiger partial charge in [0.15, 0.2) is 9.84 Å². The van der Waals surface area contributed by atoms with Crippen molar-refractivity contribution in [1.29, 1.82) is 0 Å². The Balaban J connectivity index is 2.21. The molecule has 0 amide bonds. The molecule has 0 saturated heterocycles. The molecule has 1 aromatic rings. The maximum atomic E-state index is 11.6. The van der Waals surface area contributed by atoms with Gasteiger partial charge in [0.25, 0.3) is 0 Å². The Morgan fingerprint density at radius 2 is 2.10 bits per heavy atom. The van der Waals surface area contributed by atoms with E-state index in [-0.39, 0.29) is 18.1 Å². The summed E-state index contributed by atoms with van der Waals surface area (Å²) >= 11 is 0. The van der Waals surface area contributed by atoms with Crippen molar-refractivity contribution in [1.82, 2.24) is 4.90 Å². The highest BCUT2D eigenvalue weighted by Gasteiger charge is 2.32. The van der Waals surface area contributed by atoms with Gasteiger partial charge in [0.1, 0.15) is 6.04 Å². The van der Waals surface area contributed by atoms with Gasteiger partial charge in [0.05, 0.1) is 5.75 Å². The van der Waals surface area contributed by atoms with E-state index in [1.165, 1.54) is 0 Å². The number of rotatable bonds is 5. The van der Waals surface area contributed by atoms with Gasteiger partial charge in [-0.2, -0.15) is 0 Å². The van der Waals surface area contributed by atoms with E-state index in [2.05, 4.69) is 0 Å². The maximum absolute atomic E-state index is 11.6. The van der Waals surface area contributed by atoms with E-state index in [1.807, 2.05) is 24.3 Å². The van der Waals surface area contributed by atoms with E-state index in [0.29, 0.717) is 6.54 Å². The van der Waals surface area contributed by atoms with Gasteiger partial charge in [-0.05, 0) is 17.5 Å². The van der Waals surface area contributed by atoms with E-state index in [0.717, 1.165) is 17.5 Å². The molecule has 1 aliphatic heterocycles. The molecule has 6 heteroatoms. The molecule has 0 aromatic heterocycles. The second kappa shape index (κ2) is 5.93. The van der Waals surface area contributed by atoms with Crippen molar-refractivity contribution in [3.05, 3.63) is 35.4 Å². The fourth-order valence-corrected chi connectivity index (χ4v) is 3.35. The Morgan fingerprint density at radius 1 is 1.40 bits per heavy atom. The first-order chi connectivity index (χ1) is 9.44. The largest absolute Gasteiger partial charge is 0.480 e. The molecule has 1 aliphatic rings. The highest BCUT2D eigenvalue weighted by Crippen LogP contribution is 2.29. The molecule has 2 rings (SSSR count). The van der Waals surface area contributed by atoms with Crippen LogP contribution < -0.4 is 0 Å². The molecule has 0 bridgehead atoms. The summed E-state index contributed by atoms with van der Waals surface area (Å²) in [5.41, 5.74) is 1.81. The molecule has 0 spiro atoms. The topological polar surface area (TPSA) is 74.7 Å². The van der Waals surface area contributed by atoms with Gasteiger partial charge < -0.3 is 5.11 Å². The first-order valence-corrected chi connectivity index (χ1v) is 8.52. The van der Waals surface area contributed by atoms with Crippen LogP contribution in [0.2, 0.25) is 0 Å².